The van der Waals surface area contributed by atoms with Gasteiger partial charge in [-0.15, -0.1) is 11.3 Å². The van der Waals surface area contributed by atoms with Crippen molar-refractivity contribution in [2.24, 2.45) is 5.41 Å². The van der Waals surface area contributed by atoms with E-state index in [0.717, 1.165) is 41.5 Å². The number of carboxylic acids is 1. The Morgan fingerprint density at radius 3 is 2.48 bits per heavy atom. The van der Waals surface area contributed by atoms with E-state index >= 15 is 0 Å². The number of ether oxygens (including phenoxy) is 2. The van der Waals surface area contributed by atoms with Crippen LogP contribution in [0.1, 0.15) is 22.6 Å². The fourth-order valence-corrected chi connectivity index (χ4v) is 7.25. The number of amides is 1. The molecule has 2 aromatic carbocycles. The maximum atomic E-state index is 13.3. The van der Waals surface area contributed by atoms with Crippen LogP contribution in [0.5, 0.6) is 5.75 Å². The van der Waals surface area contributed by atoms with Crippen LogP contribution in [0.25, 0.3) is 11.3 Å². The standard InChI is InChI=1S/C30H35N3O7S2/c1-33(9-12-39-13-10-33)11-14-40-25-8-7-21(15-26(25)42(2,37)38)24-20-41-27(32-24)19-31-29(36)30(18-28(34)35)16-22-5-3-4-6-23(22)17-30/h3-8,15,20H,9-14,16-19H2,1-2H3,(H-,31,34,35,36)/p+1. The van der Waals surface area contributed by atoms with E-state index in [1.54, 1.807) is 18.2 Å². The Morgan fingerprint density at radius 2 is 1.83 bits per heavy atom. The number of quaternary nitrogens is 1. The third-order valence-corrected chi connectivity index (χ3v) is 10.1. The van der Waals surface area contributed by atoms with Crippen molar-refractivity contribution in [3.05, 3.63) is 64.0 Å². The smallest absolute Gasteiger partial charge is 0.304 e. The van der Waals surface area contributed by atoms with E-state index < -0.39 is 21.2 Å². The summed E-state index contributed by atoms with van der Waals surface area (Å²) in [5.74, 6) is -1.02. The molecule has 0 saturated carbocycles. The number of aliphatic carboxylic acids is 1. The second kappa shape index (κ2) is 12.1. The van der Waals surface area contributed by atoms with E-state index in [9.17, 15) is 23.1 Å². The van der Waals surface area contributed by atoms with Crippen molar-refractivity contribution in [2.45, 2.75) is 30.7 Å². The molecule has 1 aliphatic heterocycles. The number of hydrogen-bond acceptors (Lipinski definition) is 8. The van der Waals surface area contributed by atoms with Gasteiger partial charge in [-0.3, -0.25) is 9.59 Å². The maximum absolute atomic E-state index is 13.3. The molecule has 1 amide bonds. The van der Waals surface area contributed by atoms with Gasteiger partial charge >= 0.3 is 5.97 Å². The van der Waals surface area contributed by atoms with E-state index in [-0.39, 0.29) is 23.8 Å². The van der Waals surface area contributed by atoms with Crippen LogP contribution in [-0.2, 0) is 43.5 Å². The van der Waals surface area contributed by atoms with Crippen LogP contribution in [-0.4, -0.2) is 87.6 Å². The molecule has 2 heterocycles. The van der Waals surface area contributed by atoms with Crippen LogP contribution in [0, 0.1) is 5.41 Å². The average Bonchev–Trinajstić information content (AvgIpc) is 3.56. The first-order valence-electron chi connectivity index (χ1n) is 13.9. The van der Waals surface area contributed by atoms with Crippen molar-refractivity contribution >= 4 is 33.1 Å². The molecule has 10 nitrogen and oxygen atoms in total. The molecule has 0 radical (unpaired) electrons. The third-order valence-electron chi connectivity index (χ3n) is 8.18. The van der Waals surface area contributed by atoms with E-state index in [1.807, 2.05) is 29.6 Å². The number of morpholine rings is 1. The molecular weight excluding hydrogens is 578 g/mol. The number of carbonyl (C=O) groups excluding carboxylic acids is 1. The molecule has 1 fully saturated rings. The number of hydrogen-bond donors (Lipinski definition) is 2. The molecule has 1 aromatic heterocycles. The van der Waals surface area contributed by atoms with Crippen LogP contribution >= 0.6 is 11.3 Å². The Balaban J connectivity index is 1.26. The van der Waals surface area contributed by atoms with Gasteiger partial charge < -0.3 is 24.4 Å². The molecule has 1 aliphatic carbocycles. The lowest BCUT2D eigenvalue weighted by atomic mass is 9.80. The first kappa shape index (κ1) is 30.1. The molecule has 0 spiro atoms. The SMILES string of the molecule is C[N+]1(CCOc2ccc(-c3csc(CNC(=O)C4(CC(=O)O)Cc5ccccc5C4)n3)cc2S(C)(=O)=O)CCOCC1. The van der Waals surface area contributed by atoms with Crippen LogP contribution in [0.3, 0.4) is 0 Å². The second-order valence-corrected chi connectivity index (χ2v) is 14.4. The minimum atomic E-state index is -3.58. The number of sulfone groups is 1. The Kier molecular flexibility index (Phi) is 8.70. The number of rotatable bonds is 11. The highest BCUT2D eigenvalue weighted by molar-refractivity contribution is 7.90. The summed E-state index contributed by atoms with van der Waals surface area (Å²) in [5, 5.41) is 14.9. The topological polar surface area (TPSA) is 132 Å². The van der Waals surface area contributed by atoms with E-state index in [4.69, 9.17) is 9.47 Å². The van der Waals surface area contributed by atoms with E-state index in [0.29, 0.717) is 54.7 Å². The normalized spacial score (nSPS) is 17.4. The van der Waals surface area contributed by atoms with Gasteiger partial charge in [-0.05, 0) is 42.2 Å². The van der Waals surface area contributed by atoms with Gasteiger partial charge in [-0.1, -0.05) is 24.3 Å². The summed E-state index contributed by atoms with van der Waals surface area (Å²) in [6, 6.07) is 12.7. The summed E-state index contributed by atoms with van der Waals surface area (Å²) in [6.45, 7) is 4.46. The Labute approximate surface area is 249 Å². The minimum absolute atomic E-state index is 0.101. The minimum Gasteiger partial charge on any atom is -0.486 e. The number of carbonyl (C=O) groups is 2. The molecule has 2 N–H and O–H groups in total. The largest absolute Gasteiger partial charge is 0.486 e. The molecule has 3 aromatic rings. The third kappa shape index (κ3) is 6.83. The number of aromatic nitrogens is 1. The van der Waals surface area contributed by atoms with Gasteiger partial charge in [0.2, 0.25) is 5.91 Å². The molecule has 0 atom stereocenters. The molecular formula is C30H36N3O7S2+. The predicted octanol–water partition coefficient (Wildman–Crippen LogP) is 2.95. The highest BCUT2D eigenvalue weighted by Gasteiger charge is 2.45. The summed E-state index contributed by atoms with van der Waals surface area (Å²) in [4.78, 5) is 29.7. The number of thiazole rings is 1. The number of nitrogens with one attached hydrogen (secondary N) is 1. The lowest BCUT2D eigenvalue weighted by Gasteiger charge is -2.37. The zero-order valence-corrected chi connectivity index (χ0v) is 25.4. The molecule has 224 valence electrons. The van der Waals surface area contributed by atoms with Crippen molar-refractivity contribution in [1.82, 2.24) is 10.3 Å². The number of carboxylic acid groups (broad SMARTS) is 1. The number of likely N-dealkylation sites (N-methyl/N-ethyl adjacent to an activating group) is 1. The van der Waals surface area contributed by atoms with Crippen molar-refractivity contribution in [3.8, 4) is 17.0 Å². The fraction of sp³-hybridized carbons (Fsp3) is 0.433. The zero-order valence-electron chi connectivity index (χ0n) is 23.8. The van der Waals surface area contributed by atoms with Gasteiger partial charge in [-0.25, -0.2) is 13.4 Å². The van der Waals surface area contributed by atoms with Crippen molar-refractivity contribution in [1.29, 1.82) is 0 Å². The number of benzene rings is 2. The summed E-state index contributed by atoms with van der Waals surface area (Å²) < 4.78 is 37.5. The van der Waals surface area contributed by atoms with Crippen LogP contribution in [0.15, 0.2) is 52.7 Å². The first-order chi connectivity index (χ1) is 20.0. The Hall–Kier alpha value is -3.32. The van der Waals surface area contributed by atoms with Crippen molar-refractivity contribution < 1.29 is 37.1 Å². The van der Waals surface area contributed by atoms with Crippen molar-refractivity contribution in [3.63, 3.8) is 0 Å². The predicted molar refractivity (Wildman–Crippen MR) is 158 cm³/mol. The van der Waals surface area contributed by atoms with Crippen LogP contribution in [0.2, 0.25) is 0 Å². The molecule has 5 rings (SSSR count). The Morgan fingerprint density at radius 1 is 1.14 bits per heavy atom. The monoisotopic (exact) mass is 614 g/mol. The molecule has 0 unspecified atom stereocenters. The number of fused-ring (bicyclic) bond motifs is 1. The zero-order chi connectivity index (χ0) is 30.0. The number of nitrogens with zero attached hydrogens (tertiary/aromatic N) is 2. The summed E-state index contributed by atoms with van der Waals surface area (Å²) >= 11 is 1.34. The maximum Gasteiger partial charge on any atom is 0.304 e. The van der Waals surface area contributed by atoms with E-state index in [1.165, 1.54) is 11.3 Å². The van der Waals surface area contributed by atoms with Gasteiger partial charge in [0.05, 0.1) is 44.3 Å². The Bertz CT molecular complexity index is 1550. The average molecular weight is 615 g/mol. The van der Waals surface area contributed by atoms with E-state index in [2.05, 4.69) is 17.3 Å². The molecule has 42 heavy (non-hydrogen) atoms. The lowest BCUT2D eigenvalue weighted by Crippen LogP contribution is -2.53. The first-order valence-corrected chi connectivity index (χ1v) is 16.6. The quantitative estimate of drug-likeness (QED) is 0.315. The van der Waals surface area contributed by atoms with Crippen molar-refractivity contribution in [2.75, 3.05) is 52.8 Å². The molecule has 12 heteroatoms. The summed E-state index contributed by atoms with van der Waals surface area (Å²) in [5.41, 5.74) is 2.16. The van der Waals surface area contributed by atoms with Gasteiger partial charge in [0.15, 0.2) is 9.84 Å². The van der Waals surface area contributed by atoms with Crippen LogP contribution in [0.4, 0.5) is 0 Å². The van der Waals surface area contributed by atoms with Gasteiger partial charge in [0.1, 0.15) is 41.9 Å². The lowest BCUT2D eigenvalue weighted by molar-refractivity contribution is -0.916. The highest BCUT2D eigenvalue weighted by atomic mass is 32.2. The molecule has 0 bridgehead atoms. The second-order valence-electron chi connectivity index (χ2n) is 11.5. The summed E-state index contributed by atoms with van der Waals surface area (Å²) in [7, 11) is -1.43. The molecule has 1 saturated heterocycles. The van der Waals surface area contributed by atoms with Gasteiger partial charge in [-0.2, -0.15) is 0 Å². The van der Waals surface area contributed by atoms with Crippen LogP contribution < -0.4 is 10.1 Å². The summed E-state index contributed by atoms with van der Waals surface area (Å²) in [6.07, 6.45) is 1.65. The molecule has 2 aliphatic rings. The highest BCUT2D eigenvalue weighted by Crippen LogP contribution is 2.40. The fourth-order valence-electron chi connectivity index (χ4n) is 5.68. The van der Waals surface area contributed by atoms with Gasteiger partial charge in [0.25, 0.3) is 0 Å². The van der Waals surface area contributed by atoms with Gasteiger partial charge in [0, 0.05) is 17.2 Å².